The Morgan fingerprint density at radius 1 is 1.50 bits per heavy atom. The molecule has 20 heavy (non-hydrogen) atoms. The molecule has 0 aliphatic heterocycles. The molecule has 0 radical (unpaired) electrons. The summed E-state index contributed by atoms with van der Waals surface area (Å²) in [6, 6.07) is 5.58. The predicted molar refractivity (Wildman–Crippen MR) is 84.1 cm³/mol. The third kappa shape index (κ3) is 2.96. The molecule has 0 saturated carbocycles. The Labute approximate surface area is 126 Å². The number of hydrogen-bond acceptors (Lipinski definition) is 5. The van der Waals surface area contributed by atoms with Crippen LogP contribution in [0.15, 0.2) is 28.6 Å². The van der Waals surface area contributed by atoms with Crippen molar-refractivity contribution in [3.8, 4) is 0 Å². The van der Waals surface area contributed by atoms with Crippen molar-refractivity contribution in [3.05, 3.63) is 39.8 Å². The SMILES string of the molecule is CSc1cccc(N(C)Cc2scnc2C)c1C(=O)O. The highest BCUT2D eigenvalue weighted by Gasteiger charge is 2.18. The predicted octanol–water partition coefficient (Wildman–Crippen LogP) is 3.51. The largest absolute Gasteiger partial charge is 0.478 e. The summed E-state index contributed by atoms with van der Waals surface area (Å²) in [5.74, 6) is -0.891. The molecule has 0 aliphatic rings. The number of thiazole rings is 1. The van der Waals surface area contributed by atoms with E-state index in [-0.39, 0.29) is 0 Å². The first-order valence-corrected chi connectivity index (χ1v) is 8.15. The minimum atomic E-state index is -0.891. The molecule has 0 fully saturated rings. The van der Waals surface area contributed by atoms with Gasteiger partial charge in [0.05, 0.1) is 29.0 Å². The van der Waals surface area contributed by atoms with Crippen LogP contribution in [0.4, 0.5) is 5.69 Å². The lowest BCUT2D eigenvalue weighted by atomic mass is 10.1. The van der Waals surface area contributed by atoms with Crippen LogP contribution in [-0.2, 0) is 6.54 Å². The maximum Gasteiger partial charge on any atom is 0.338 e. The highest BCUT2D eigenvalue weighted by molar-refractivity contribution is 7.98. The van der Waals surface area contributed by atoms with Gasteiger partial charge in [0.2, 0.25) is 0 Å². The number of carboxylic acids is 1. The number of nitrogens with zero attached hydrogens (tertiary/aromatic N) is 2. The fourth-order valence-corrected chi connectivity index (χ4v) is 3.44. The topological polar surface area (TPSA) is 53.4 Å². The summed E-state index contributed by atoms with van der Waals surface area (Å²) in [7, 11) is 1.91. The molecule has 0 amide bonds. The van der Waals surface area contributed by atoms with Gasteiger partial charge in [-0.2, -0.15) is 0 Å². The van der Waals surface area contributed by atoms with Gasteiger partial charge in [0.25, 0.3) is 0 Å². The van der Waals surface area contributed by atoms with Gasteiger partial charge in [-0.3, -0.25) is 0 Å². The van der Waals surface area contributed by atoms with E-state index in [0.717, 1.165) is 21.2 Å². The van der Waals surface area contributed by atoms with Crippen molar-refractivity contribution in [2.24, 2.45) is 0 Å². The second-order valence-electron chi connectivity index (χ2n) is 4.38. The van der Waals surface area contributed by atoms with Crippen molar-refractivity contribution in [3.63, 3.8) is 0 Å². The van der Waals surface area contributed by atoms with Gasteiger partial charge in [-0.1, -0.05) is 6.07 Å². The van der Waals surface area contributed by atoms with Crippen molar-refractivity contribution in [1.82, 2.24) is 4.98 Å². The van der Waals surface area contributed by atoms with Crippen LogP contribution in [0.1, 0.15) is 20.9 Å². The number of benzene rings is 1. The summed E-state index contributed by atoms with van der Waals surface area (Å²) in [5, 5.41) is 9.46. The lowest BCUT2D eigenvalue weighted by Crippen LogP contribution is -2.19. The van der Waals surface area contributed by atoms with Gasteiger partial charge in [0.1, 0.15) is 0 Å². The smallest absolute Gasteiger partial charge is 0.338 e. The van der Waals surface area contributed by atoms with Crippen LogP contribution in [0.3, 0.4) is 0 Å². The Kier molecular flexibility index (Phi) is 4.67. The van der Waals surface area contributed by atoms with E-state index in [0.29, 0.717) is 12.1 Å². The molecule has 1 heterocycles. The summed E-state index contributed by atoms with van der Waals surface area (Å²) in [5.41, 5.74) is 3.91. The molecule has 1 N–H and O–H groups in total. The highest BCUT2D eigenvalue weighted by atomic mass is 32.2. The van der Waals surface area contributed by atoms with Crippen LogP contribution < -0.4 is 4.90 Å². The molecular weight excluding hydrogens is 292 g/mol. The van der Waals surface area contributed by atoms with Gasteiger partial charge >= 0.3 is 5.97 Å². The second-order valence-corrected chi connectivity index (χ2v) is 6.16. The van der Waals surface area contributed by atoms with E-state index in [1.165, 1.54) is 11.8 Å². The van der Waals surface area contributed by atoms with E-state index in [9.17, 15) is 9.90 Å². The monoisotopic (exact) mass is 308 g/mol. The van der Waals surface area contributed by atoms with E-state index < -0.39 is 5.97 Å². The summed E-state index contributed by atoms with van der Waals surface area (Å²) in [4.78, 5) is 19.6. The summed E-state index contributed by atoms with van der Waals surface area (Å²) < 4.78 is 0. The quantitative estimate of drug-likeness (QED) is 0.857. The first kappa shape index (κ1) is 14.9. The number of carboxylic acid groups (broad SMARTS) is 1. The van der Waals surface area contributed by atoms with Crippen molar-refractivity contribution in [2.45, 2.75) is 18.4 Å². The molecule has 1 aromatic carbocycles. The molecule has 4 nitrogen and oxygen atoms in total. The molecule has 0 atom stereocenters. The minimum Gasteiger partial charge on any atom is -0.478 e. The fraction of sp³-hybridized carbons (Fsp3) is 0.286. The third-order valence-corrected chi connectivity index (χ3v) is 4.77. The molecule has 0 saturated heterocycles. The van der Waals surface area contributed by atoms with Gasteiger partial charge < -0.3 is 10.0 Å². The number of aromatic nitrogens is 1. The Hall–Kier alpha value is -1.53. The average Bonchev–Trinajstić information content (AvgIpc) is 2.83. The standard InChI is InChI=1S/C14H16N2O2S2/c1-9-12(20-8-15-9)7-16(2)10-5-4-6-11(19-3)13(10)14(17)18/h4-6,8H,7H2,1-3H3,(H,17,18). The Morgan fingerprint density at radius 2 is 2.25 bits per heavy atom. The van der Waals surface area contributed by atoms with Gasteiger partial charge in [-0.25, -0.2) is 9.78 Å². The first-order valence-electron chi connectivity index (χ1n) is 6.05. The van der Waals surface area contributed by atoms with Crippen LogP contribution in [0.25, 0.3) is 0 Å². The molecule has 106 valence electrons. The van der Waals surface area contributed by atoms with E-state index >= 15 is 0 Å². The van der Waals surface area contributed by atoms with Crippen molar-refractivity contribution < 1.29 is 9.90 Å². The number of thioether (sulfide) groups is 1. The van der Waals surface area contributed by atoms with Gasteiger partial charge in [0, 0.05) is 16.8 Å². The maximum atomic E-state index is 11.5. The van der Waals surface area contributed by atoms with Crippen LogP contribution in [0.5, 0.6) is 0 Å². The number of hydrogen-bond donors (Lipinski definition) is 1. The van der Waals surface area contributed by atoms with Crippen LogP contribution >= 0.6 is 23.1 Å². The molecule has 0 aliphatic carbocycles. The Morgan fingerprint density at radius 3 is 2.80 bits per heavy atom. The number of aryl methyl sites for hydroxylation is 1. The third-order valence-electron chi connectivity index (χ3n) is 3.07. The lowest BCUT2D eigenvalue weighted by Gasteiger charge is -2.22. The van der Waals surface area contributed by atoms with Gasteiger partial charge in [-0.05, 0) is 25.3 Å². The number of carbonyl (C=O) groups is 1. The average molecular weight is 308 g/mol. The lowest BCUT2D eigenvalue weighted by molar-refractivity contribution is 0.0694. The molecule has 0 unspecified atom stereocenters. The number of anilines is 1. The Bertz CT molecular complexity index is 625. The number of aromatic carboxylic acids is 1. The van der Waals surface area contributed by atoms with Gasteiger partial charge in [0.15, 0.2) is 0 Å². The van der Waals surface area contributed by atoms with Crippen molar-refractivity contribution in [2.75, 3.05) is 18.2 Å². The molecular formula is C14H16N2O2S2. The summed E-state index contributed by atoms with van der Waals surface area (Å²) >= 11 is 3.04. The summed E-state index contributed by atoms with van der Waals surface area (Å²) in [6.07, 6.45) is 1.89. The van der Waals surface area contributed by atoms with Crippen molar-refractivity contribution >= 4 is 34.8 Å². The molecule has 2 aromatic rings. The van der Waals surface area contributed by atoms with E-state index in [1.807, 2.05) is 48.8 Å². The Balaban J connectivity index is 2.37. The normalized spacial score (nSPS) is 10.6. The van der Waals surface area contributed by atoms with E-state index in [1.54, 1.807) is 11.3 Å². The van der Waals surface area contributed by atoms with Crippen LogP contribution in [0, 0.1) is 6.92 Å². The van der Waals surface area contributed by atoms with Crippen LogP contribution in [-0.4, -0.2) is 29.4 Å². The maximum absolute atomic E-state index is 11.5. The molecule has 0 spiro atoms. The van der Waals surface area contributed by atoms with Crippen LogP contribution in [0.2, 0.25) is 0 Å². The minimum absolute atomic E-state index is 0.365. The molecule has 0 bridgehead atoms. The molecule has 2 rings (SSSR count). The molecule has 1 aromatic heterocycles. The van der Waals surface area contributed by atoms with Crippen molar-refractivity contribution in [1.29, 1.82) is 0 Å². The van der Waals surface area contributed by atoms with E-state index in [4.69, 9.17) is 0 Å². The number of rotatable bonds is 5. The van der Waals surface area contributed by atoms with Gasteiger partial charge in [-0.15, -0.1) is 23.1 Å². The molecule has 6 heteroatoms. The zero-order valence-corrected chi connectivity index (χ0v) is 13.2. The fourth-order valence-electron chi connectivity index (χ4n) is 2.00. The zero-order valence-electron chi connectivity index (χ0n) is 11.6. The highest BCUT2D eigenvalue weighted by Crippen LogP contribution is 2.30. The second kappa shape index (κ2) is 6.28. The first-order chi connectivity index (χ1) is 9.54. The zero-order chi connectivity index (χ0) is 14.7. The summed E-state index contributed by atoms with van der Waals surface area (Å²) in [6.45, 7) is 2.63. The van der Waals surface area contributed by atoms with E-state index in [2.05, 4.69) is 4.98 Å².